The zero-order valence-corrected chi connectivity index (χ0v) is 30.3. The van der Waals surface area contributed by atoms with E-state index in [9.17, 15) is 5.26 Å². The van der Waals surface area contributed by atoms with Gasteiger partial charge < -0.3 is 4.42 Å². The minimum atomic E-state index is 0.521. The Kier molecular flexibility index (Phi) is 8.36. The molecule has 0 saturated heterocycles. The van der Waals surface area contributed by atoms with Crippen molar-refractivity contribution in [2.24, 2.45) is 0 Å². The van der Waals surface area contributed by atoms with Gasteiger partial charge in [-0.05, 0) is 41.5 Å². The van der Waals surface area contributed by atoms with Gasteiger partial charge in [-0.2, -0.15) is 5.26 Å². The van der Waals surface area contributed by atoms with Gasteiger partial charge in [-0.1, -0.05) is 146 Å². The van der Waals surface area contributed by atoms with Gasteiger partial charge in [-0.3, -0.25) is 0 Å². The second-order valence-electron chi connectivity index (χ2n) is 13.5. The van der Waals surface area contributed by atoms with Gasteiger partial charge >= 0.3 is 0 Å². The number of fused-ring (bicyclic) bond motifs is 3. The van der Waals surface area contributed by atoms with Gasteiger partial charge in [0.05, 0.1) is 17.2 Å². The van der Waals surface area contributed by atoms with Crippen LogP contribution in [0.15, 0.2) is 180 Å². The van der Waals surface area contributed by atoms with E-state index in [0.29, 0.717) is 51.7 Å². The maximum Gasteiger partial charge on any atom is 0.167 e. The Balaban J connectivity index is 1.08. The standard InChI is InChI=1S/C49H29N7O/c50-30-31-19-21-32(22-20-31)33-23-25-37(26-24-33)47-51-44(34-11-4-1-5-12-34)53-48(54-47)38-27-28-39-40-17-10-18-41(43(40)57-42(39)29-38)49-55-45(35-13-6-2-7-14-35)52-46(56-49)36-15-8-3-9-16-36/h1-29H. The first-order chi connectivity index (χ1) is 28.2. The Labute approximate surface area is 327 Å². The van der Waals surface area contributed by atoms with Crippen molar-refractivity contribution < 1.29 is 4.42 Å². The summed E-state index contributed by atoms with van der Waals surface area (Å²) in [5.74, 6) is 3.33. The van der Waals surface area contributed by atoms with Crippen LogP contribution in [0.5, 0.6) is 0 Å². The maximum absolute atomic E-state index is 9.21. The molecule has 3 heterocycles. The minimum Gasteiger partial charge on any atom is -0.455 e. The number of rotatable bonds is 7. The van der Waals surface area contributed by atoms with E-state index in [-0.39, 0.29) is 0 Å². The van der Waals surface area contributed by atoms with E-state index in [1.165, 1.54) is 0 Å². The SMILES string of the molecule is N#Cc1ccc(-c2ccc(-c3nc(-c4ccccc4)nc(-c4ccc5c(c4)oc4c(-c6nc(-c7ccccc7)nc(-c7ccccc7)n6)cccc45)n3)cc2)cc1. The van der Waals surface area contributed by atoms with Gasteiger partial charge in [0.25, 0.3) is 0 Å². The lowest BCUT2D eigenvalue weighted by Gasteiger charge is -2.09. The average Bonchev–Trinajstić information content (AvgIpc) is 3.68. The molecule has 0 N–H and O–H groups in total. The Morgan fingerprint density at radius 3 is 1.28 bits per heavy atom. The van der Waals surface area contributed by atoms with Crippen LogP contribution in [0, 0.1) is 11.3 Å². The average molecular weight is 732 g/mol. The highest BCUT2D eigenvalue weighted by molar-refractivity contribution is 6.09. The third-order valence-electron chi connectivity index (χ3n) is 9.86. The third kappa shape index (κ3) is 6.45. The highest BCUT2D eigenvalue weighted by Gasteiger charge is 2.19. The van der Waals surface area contributed by atoms with Crippen molar-refractivity contribution in [3.05, 3.63) is 181 Å². The number of hydrogen-bond acceptors (Lipinski definition) is 8. The Morgan fingerprint density at radius 2 is 0.772 bits per heavy atom. The summed E-state index contributed by atoms with van der Waals surface area (Å²) in [6.45, 7) is 0. The van der Waals surface area contributed by atoms with Crippen molar-refractivity contribution >= 4 is 21.9 Å². The Hall–Kier alpha value is -8.15. The monoisotopic (exact) mass is 731 g/mol. The molecule has 0 aliphatic rings. The zero-order valence-electron chi connectivity index (χ0n) is 30.3. The zero-order chi connectivity index (χ0) is 38.1. The van der Waals surface area contributed by atoms with Crippen LogP contribution in [0.1, 0.15) is 5.56 Å². The lowest BCUT2D eigenvalue weighted by molar-refractivity contribution is 0.669. The van der Waals surface area contributed by atoms with Crippen LogP contribution in [0.4, 0.5) is 0 Å². The number of hydrogen-bond donors (Lipinski definition) is 0. The van der Waals surface area contributed by atoms with E-state index in [0.717, 1.165) is 55.3 Å². The van der Waals surface area contributed by atoms with Crippen LogP contribution in [0.2, 0.25) is 0 Å². The molecular weight excluding hydrogens is 703 g/mol. The Morgan fingerprint density at radius 1 is 0.351 bits per heavy atom. The molecule has 0 spiro atoms. The molecule has 0 aliphatic heterocycles. The molecule has 266 valence electrons. The van der Waals surface area contributed by atoms with Crippen LogP contribution < -0.4 is 0 Å². The second kappa shape index (κ2) is 14.3. The van der Waals surface area contributed by atoms with E-state index in [2.05, 4.69) is 18.2 Å². The molecule has 8 heteroatoms. The second-order valence-corrected chi connectivity index (χ2v) is 13.5. The summed E-state index contributed by atoms with van der Waals surface area (Å²) < 4.78 is 6.70. The van der Waals surface area contributed by atoms with E-state index in [1.54, 1.807) is 0 Å². The fourth-order valence-corrected chi connectivity index (χ4v) is 6.94. The molecule has 0 amide bonds. The maximum atomic E-state index is 9.21. The third-order valence-corrected chi connectivity index (χ3v) is 9.86. The fourth-order valence-electron chi connectivity index (χ4n) is 6.94. The van der Waals surface area contributed by atoms with Crippen molar-refractivity contribution in [2.45, 2.75) is 0 Å². The molecule has 0 atom stereocenters. The first kappa shape index (κ1) is 33.4. The normalized spacial score (nSPS) is 11.1. The molecule has 8 nitrogen and oxygen atoms in total. The van der Waals surface area contributed by atoms with Crippen molar-refractivity contribution in [1.82, 2.24) is 29.9 Å². The summed E-state index contributed by atoms with van der Waals surface area (Å²) >= 11 is 0. The smallest absolute Gasteiger partial charge is 0.167 e. The molecule has 57 heavy (non-hydrogen) atoms. The minimum absolute atomic E-state index is 0.521. The first-order valence-corrected chi connectivity index (χ1v) is 18.4. The lowest BCUT2D eigenvalue weighted by atomic mass is 10.0. The van der Waals surface area contributed by atoms with E-state index >= 15 is 0 Å². The van der Waals surface area contributed by atoms with Gasteiger partial charge in [0.15, 0.2) is 34.9 Å². The van der Waals surface area contributed by atoms with Crippen LogP contribution in [-0.2, 0) is 0 Å². The predicted molar refractivity (Wildman–Crippen MR) is 223 cm³/mol. The van der Waals surface area contributed by atoms with Crippen molar-refractivity contribution in [2.75, 3.05) is 0 Å². The number of aromatic nitrogens is 6. The molecule has 0 fully saturated rings. The molecule has 0 saturated carbocycles. The van der Waals surface area contributed by atoms with E-state index < -0.39 is 0 Å². The number of para-hydroxylation sites is 1. The van der Waals surface area contributed by atoms with Gasteiger partial charge in [0.1, 0.15) is 11.2 Å². The van der Waals surface area contributed by atoms with Crippen LogP contribution >= 0.6 is 0 Å². The lowest BCUT2D eigenvalue weighted by Crippen LogP contribution is -2.00. The Bertz CT molecular complexity index is 3050. The quantitative estimate of drug-likeness (QED) is 0.159. The van der Waals surface area contributed by atoms with Crippen molar-refractivity contribution in [3.8, 4) is 85.5 Å². The van der Waals surface area contributed by atoms with Crippen LogP contribution in [-0.4, -0.2) is 29.9 Å². The summed E-state index contributed by atoms with van der Waals surface area (Å²) in [6.07, 6.45) is 0. The number of nitrogens with zero attached hydrogens (tertiary/aromatic N) is 7. The van der Waals surface area contributed by atoms with Gasteiger partial charge in [-0.25, -0.2) is 29.9 Å². The van der Waals surface area contributed by atoms with Crippen molar-refractivity contribution in [1.29, 1.82) is 5.26 Å². The molecule has 7 aromatic carbocycles. The molecule has 10 aromatic rings. The molecular formula is C49H29N7O. The summed E-state index contributed by atoms with van der Waals surface area (Å²) in [5.41, 5.74) is 9.12. The van der Waals surface area contributed by atoms with Gasteiger partial charge in [0.2, 0.25) is 0 Å². The highest BCUT2D eigenvalue weighted by Crippen LogP contribution is 2.37. The first-order valence-electron chi connectivity index (χ1n) is 18.4. The number of benzene rings is 7. The van der Waals surface area contributed by atoms with Gasteiger partial charge in [0, 0.05) is 38.6 Å². The predicted octanol–water partition coefficient (Wildman–Crippen LogP) is 11.5. The highest BCUT2D eigenvalue weighted by atomic mass is 16.3. The summed E-state index contributed by atoms with van der Waals surface area (Å²) in [7, 11) is 0. The van der Waals surface area contributed by atoms with Crippen molar-refractivity contribution in [3.63, 3.8) is 0 Å². The molecule has 0 radical (unpaired) electrons. The van der Waals surface area contributed by atoms with Crippen LogP contribution in [0.25, 0.3) is 101 Å². The van der Waals surface area contributed by atoms with Gasteiger partial charge in [-0.15, -0.1) is 0 Å². The van der Waals surface area contributed by atoms with E-state index in [4.69, 9.17) is 34.3 Å². The summed E-state index contributed by atoms with van der Waals surface area (Å²) in [4.78, 5) is 29.7. The molecule has 0 bridgehead atoms. The molecule has 3 aromatic heterocycles. The number of furan rings is 1. The molecule has 0 unspecified atom stereocenters. The van der Waals surface area contributed by atoms with E-state index in [1.807, 2.05) is 164 Å². The number of nitriles is 1. The summed E-state index contributed by atoms with van der Waals surface area (Å²) in [5, 5.41) is 11.1. The summed E-state index contributed by atoms with van der Waals surface area (Å²) in [6, 6.07) is 59.7. The van der Waals surface area contributed by atoms with Crippen LogP contribution in [0.3, 0.4) is 0 Å². The topological polar surface area (TPSA) is 114 Å². The molecule has 10 rings (SSSR count). The largest absolute Gasteiger partial charge is 0.455 e. The molecule has 0 aliphatic carbocycles. The fraction of sp³-hybridized carbons (Fsp3) is 0.